The quantitative estimate of drug-likeness (QED) is 0.802. The zero-order valence-electron chi connectivity index (χ0n) is 15.4. The second-order valence-corrected chi connectivity index (χ2v) is 7.04. The van der Waals surface area contributed by atoms with Gasteiger partial charge in [-0.05, 0) is 46.5 Å². The van der Waals surface area contributed by atoms with Gasteiger partial charge in [-0.25, -0.2) is 4.79 Å². The highest BCUT2D eigenvalue weighted by Crippen LogP contribution is 2.17. The van der Waals surface area contributed by atoms with E-state index in [1.807, 2.05) is 35.2 Å². The second kappa shape index (κ2) is 9.04. The molecule has 1 aromatic rings. The maximum absolute atomic E-state index is 12.4. The zero-order chi connectivity index (χ0) is 17.5. The van der Waals surface area contributed by atoms with Crippen molar-refractivity contribution in [3.63, 3.8) is 0 Å². The number of hydrogen-bond acceptors (Lipinski definition) is 4. The van der Waals surface area contributed by atoms with Crippen molar-refractivity contribution in [3.8, 4) is 0 Å². The SMILES string of the molecule is CC1CN(C(=O)OCc2ccccc2)CC(C)N1CCCN(C)C. The lowest BCUT2D eigenvalue weighted by molar-refractivity contribution is 0.0238. The molecule has 0 aliphatic carbocycles. The lowest BCUT2D eigenvalue weighted by atomic mass is 10.1. The van der Waals surface area contributed by atoms with Crippen LogP contribution >= 0.6 is 0 Å². The molecule has 1 aliphatic rings. The summed E-state index contributed by atoms with van der Waals surface area (Å²) in [7, 11) is 4.21. The predicted molar refractivity (Wildman–Crippen MR) is 97.0 cm³/mol. The number of carbonyl (C=O) groups is 1. The summed E-state index contributed by atoms with van der Waals surface area (Å²) in [5.41, 5.74) is 1.02. The van der Waals surface area contributed by atoms with Crippen LogP contribution in [-0.4, -0.2) is 73.2 Å². The third-order valence-electron chi connectivity index (χ3n) is 4.59. The number of carbonyl (C=O) groups excluding carboxylic acids is 1. The number of nitrogens with zero attached hydrogens (tertiary/aromatic N) is 3. The van der Waals surface area contributed by atoms with Gasteiger partial charge in [-0.1, -0.05) is 30.3 Å². The maximum atomic E-state index is 12.4. The Morgan fingerprint density at radius 1 is 1.17 bits per heavy atom. The standard InChI is InChI=1S/C19H31N3O2/c1-16-13-21(14-17(2)22(16)12-8-11-20(3)4)19(23)24-15-18-9-6-5-7-10-18/h5-7,9-10,16-17H,8,11-15H2,1-4H3. The summed E-state index contributed by atoms with van der Waals surface area (Å²) >= 11 is 0. The van der Waals surface area contributed by atoms with E-state index in [0.29, 0.717) is 18.7 Å². The molecule has 5 nitrogen and oxygen atoms in total. The van der Waals surface area contributed by atoms with Gasteiger partial charge in [0.15, 0.2) is 0 Å². The number of piperazine rings is 1. The van der Waals surface area contributed by atoms with Crippen molar-refractivity contribution in [2.75, 3.05) is 40.3 Å². The Morgan fingerprint density at radius 3 is 2.38 bits per heavy atom. The number of benzene rings is 1. The molecule has 2 unspecified atom stereocenters. The van der Waals surface area contributed by atoms with Crippen molar-refractivity contribution in [1.82, 2.24) is 14.7 Å². The molecule has 0 radical (unpaired) electrons. The first-order valence-electron chi connectivity index (χ1n) is 8.83. The van der Waals surface area contributed by atoms with Crippen molar-refractivity contribution >= 4 is 6.09 Å². The van der Waals surface area contributed by atoms with Gasteiger partial charge >= 0.3 is 6.09 Å². The average Bonchev–Trinajstić information content (AvgIpc) is 2.55. The minimum Gasteiger partial charge on any atom is -0.445 e. The van der Waals surface area contributed by atoms with Crippen LogP contribution < -0.4 is 0 Å². The summed E-state index contributed by atoms with van der Waals surface area (Å²) in [6.45, 7) is 8.38. The maximum Gasteiger partial charge on any atom is 0.410 e. The van der Waals surface area contributed by atoms with Gasteiger partial charge in [-0.15, -0.1) is 0 Å². The molecule has 1 saturated heterocycles. The molecule has 1 aromatic carbocycles. The van der Waals surface area contributed by atoms with Crippen LogP contribution in [-0.2, 0) is 11.3 Å². The summed E-state index contributed by atoms with van der Waals surface area (Å²) < 4.78 is 5.47. The monoisotopic (exact) mass is 333 g/mol. The third-order valence-corrected chi connectivity index (χ3v) is 4.59. The highest BCUT2D eigenvalue weighted by molar-refractivity contribution is 5.68. The Kier molecular flexibility index (Phi) is 7.06. The van der Waals surface area contributed by atoms with Crippen molar-refractivity contribution in [3.05, 3.63) is 35.9 Å². The molecule has 0 N–H and O–H groups in total. The summed E-state index contributed by atoms with van der Waals surface area (Å²) in [4.78, 5) is 18.9. The van der Waals surface area contributed by atoms with Crippen LogP contribution in [0.1, 0.15) is 25.8 Å². The van der Waals surface area contributed by atoms with Crippen molar-refractivity contribution in [2.45, 2.75) is 39.0 Å². The number of amides is 1. The lowest BCUT2D eigenvalue weighted by Crippen LogP contribution is -2.58. The molecule has 5 heteroatoms. The van der Waals surface area contributed by atoms with Gasteiger partial charge < -0.3 is 14.5 Å². The fourth-order valence-electron chi connectivity index (χ4n) is 3.33. The van der Waals surface area contributed by atoms with E-state index >= 15 is 0 Å². The van der Waals surface area contributed by atoms with Gasteiger partial charge in [-0.3, -0.25) is 4.90 Å². The molecule has 2 rings (SSSR count). The van der Waals surface area contributed by atoms with Crippen molar-refractivity contribution in [1.29, 1.82) is 0 Å². The molecule has 1 fully saturated rings. The van der Waals surface area contributed by atoms with E-state index in [-0.39, 0.29) is 6.09 Å². The third kappa shape index (κ3) is 5.49. The zero-order valence-corrected chi connectivity index (χ0v) is 15.4. The number of rotatable bonds is 6. The molecule has 134 valence electrons. The number of hydrogen-bond donors (Lipinski definition) is 0. The van der Waals surface area contributed by atoms with Crippen LogP contribution in [0.15, 0.2) is 30.3 Å². The van der Waals surface area contributed by atoms with Crippen molar-refractivity contribution < 1.29 is 9.53 Å². The fraction of sp³-hybridized carbons (Fsp3) is 0.632. The molecule has 0 saturated carbocycles. The van der Waals surface area contributed by atoms with Gasteiger partial charge in [0, 0.05) is 31.7 Å². The Hall–Kier alpha value is -1.59. The molecular weight excluding hydrogens is 302 g/mol. The van der Waals surface area contributed by atoms with E-state index in [1.165, 1.54) is 0 Å². The van der Waals surface area contributed by atoms with Crippen molar-refractivity contribution in [2.24, 2.45) is 0 Å². The van der Waals surface area contributed by atoms with Gasteiger partial charge in [-0.2, -0.15) is 0 Å². The van der Waals surface area contributed by atoms with Crippen LogP contribution in [0.2, 0.25) is 0 Å². The van der Waals surface area contributed by atoms with Gasteiger partial charge in [0.05, 0.1) is 0 Å². The molecule has 24 heavy (non-hydrogen) atoms. The molecule has 1 amide bonds. The van der Waals surface area contributed by atoms with Crippen LogP contribution in [0.4, 0.5) is 4.79 Å². The van der Waals surface area contributed by atoms with E-state index in [2.05, 4.69) is 37.7 Å². The highest BCUT2D eigenvalue weighted by Gasteiger charge is 2.32. The van der Waals surface area contributed by atoms with E-state index in [1.54, 1.807) is 0 Å². The van der Waals surface area contributed by atoms with Crippen LogP contribution in [0.5, 0.6) is 0 Å². The summed E-state index contributed by atoms with van der Waals surface area (Å²) in [5, 5.41) is 0. The average molecular weight is 333 g/mol. The minimum absolute atomic E-state index is 0.203. The van der Waals surface area contributed by atoms with Gasteiger partial charge in [0.1, 0.15) is 6.61 Å². The molecule has 0 bridgehead atoms. The van der Waals surface area contributed by atoms with Crippen LogP contribution in [0, 0.1) is 0 Å². The van der Waals surface area contributed by atoms with Crippen LogP contribution in [0.25, 0.3) is 0 Å². The van der Waals surface area contributed by atoms with Gasteiger partial charge in [0.25, 0.3) is 0 Å². The molecular formula is C19H31N3O2. The molecule has 1 aliphatic heterocycles. The molecule has 2 atom stereocenters. The normalized spacial score (nSPS) is 22.0. The first-order chi connectivity index (χ1) is 11.5. The Bertz CT molecular complexity index is 495. The highest BCUT2D eigenvalue weighted by atomic mass is 16.6. The minimum atomic E-state index is -0.203. The Labute approximate surface area is 146 Å². The van der Waals surface area contributed by atoms with E-state index in [0.717, 1.165) is 38.2 Å². The number of ether oxygens (including phenoxy) is 1. The largest absolute Gasteiger partial charge is 0.445 e. The molecule has 0 aromatic heterocycles. The Morgan fingerprint density at radius 2 is 1.79 bits per heavy atom. The topological polar surface area (TPSA) is 36.0 Å². The van der Waals surface area contributed by atoms with E-state index in [9.17, 15) is 4.79 Å². The summed E-state index contributed by atoms with van der Waals surface area (Å²) in [5.74, 6) is 0. The van der Waals surface area contributed by atoms with E-state index in [4.69, 9.17) is 4.74 Å². The second-order valence-electron chi connectivity index (χ2n) is 7.04. The van der Waals surface area contributed by atoms with Crippen LogP contribution in [0.3, 0.4) is 0 Å². The molecule has 1 heterocycles. The Balaban J connectivity index is 1.80. The first-order valence-corrected chi connectivity index (χ1v) is 8.83. The summed E-state index contributed by atoms with van der Waals surface area (Å²) in [6, 6.07) is 10.5. The van der Waals surface area contributed by atoms with Gasteiger partial charge in [0.2, 0.25) is 0 Å². The fourth-order valence-corrected chi connectivity index (χ4v) is 3.33. The predicted octanol–water partition coefficient (Wildman–Crippen LogP) is 2.67. The molecule has 0 spiro atoms. The van der Waals surface area contributed by atoms with E-state index < -0.39 is 0 Å². The summed E-state index contributed by atoms with van der Waals surface area (Å²) in [6.07, 6.45) is 0.950. The first kappa shape index (κ1) is 18.7. The lowest BCUT2D eigenvalue weighted by Gasteiger charge is -2.44. The smallest absolute Gasteiger partial charge is 0.410 e.